The first-order valence-corrected chi connectivity index (χ1v) is 6.20. The van der Waals surface area contributed by atoms with Crippen LogP contribution < -0.4 is 5.32 Å². The number of ether oxygens (including phenoxy) is 1. The van der Waals surface area contributed by atoms with Crippen molar-refractivity contribution in [1.29, 1.82) is 0 Å². The lowest BCUT2D eigenvalue weighted by molar-refractivity contribution is -0.124. The van der Waals surface area contributed by atoms with Gasteiger partial charge in [-0.15, -0.1) is 0 Å². The lowest BCUT2D eigenvalue weighted by Crippen LogP contribution is -2.35. The monoisotopic (exact) mass is 265 g/mol. The lowest BCUT2D eigenvalue weighted by atomic mass is 10.1. The van der Waals surface area contributed by atoms with Gasteiger partial charge in [-0.3, -0.25) is 4.79 Å². The van der Waals surface area contributed by atoms with Crippen LogP contribution in [0.25, 0.3) is 0 Å². The standard InChI is InChI=1S/C14H19NO4/c1-4-10(3)15-13(17)8-19-14(18)11-6-5-9(2)7-12(11)16/h5-7,10,16H,4,8H2,1-3H3,(H,15,17)/t10-/m1/s1. The molecule has 0 fully saturated rings. The number of rotatable bonds is 5. The Hall–Kier alpha value is -2.04. The summed E-state index contributed by atoms with van der Waals surface area (Å²) in [6.45, 7) is 5.26. The Morgan fingerprint density at radius 1 is 1.42 bits per heavy atom. The number of esters is 1. The number of carbonyl (C=O) groups excluding carboxylic acids is 2. The summed E-state index contributed by atoms with van der Waals surface area (Å²) in [6, 6.07) is 4.67. The second-order valence-corrected chi connectivity index (χ2v) is 4.47. The second-order valence-electron chi connectivity index (χ2n) is 4.47. The van der Waals surface area contributed by atoms with Crippen molar-refractivity contribution in [2.45, 2.75) is 33.2 Å². The van der Waals surface area contributed by atoms with Crippen LogP contribution in [0.2, 0.25) is 0 Å². The molecule has 104 valence electrons. The van der Waals surface area contributed by atoms with Crippen LogP contribution in [-0.4, -0.2) is 29.6 Å². The quantitative estimate of drug-likeness (QED) is 0.796. The van der Waals surface area contributed by atoms with E-state index in [2.05, 4.69) is 5.32 Å². The Labute approximate surface area is 112 Å². The summed E-state index contributed by atoms with van der Waals surface area (Å²) in [5.74, 6) is -1.21. The highest BCUT2D eigenvalue weighted by Crippen LogP contribution is 2.19. The Bertz CT molecular complexity index is 471. The zero-order valence-electron chi connectivity index (χ0n) is 11.4. The van der Waals surface area contributed by atoms with E-state index in [9.17, 15) is 14.7 Å². The molecule has 19 heavy (non-hydrogen) atoms. The average molecular weight is 265 g/mol. The summed E-state index contributed by atoms with van der Waals surface area (Å²) in [7, 11) is 0. The largest absolute Gasteiger partial charge is 0.507 e. The summed E-state index contributed by atoms with van der Waals surface area (Å²) in [5, 5.41) is 12.3. The molecule has 0 aromatic heterocycles. The Morgan fingerprint density at radius 2 is 2.11 bits per heavy atom. The summed E-state index contributed by atoms with van der Waals surface area (Å²) < 4.78 is 4.84. The van der Waals surface area contributed by atoms with E-state index in [0.29, 0.717) is 0 Å². The zero-order valence-corrected chi connectivity index (χ0v) is 11.4. The van der Waals surface area contributed by atoms with Gasteiger partial charge in [0.05, 0.1) is 0 Å². The molecule has 1 atom stereocenters. The molecule has 1 rings (SSSR count). The molecular weight excluding hydrogens is 246 g/mol. The molecule has 5 heteroatoms. The fourth-order valence-electron chi connectivity index (χ4n) is 1.44. The van der Waals surface area contributed by atoms with Crippen molar-refractivity contribution in [3.8, 4) is 5.75 Å². The summed E-state index contributed by atoms with van der Waals surface area (Å²) in [6.07, 6.45) is 0.804. The number of hydrogen-bond acceptors (Lipinski definition) is 4. The minimum absolute atomic E-state index is 0.0407. The van der Waals surface area contributed by atoms with Crippen molar-refractivity contribution in [2.75, 3.05) is 6.61 Å². The molecule has 0 spiro atoms. The number of hydrogen-bond donors (Lipinski definition) is 2. The molecule has 0 unspecified atom stereocenters. The fourth-order valence-corrected chi connectivity index (χ4v) is 1.44. The third kappa shape index (κ3) is 4.62. The van der Waals surface area contributed by atoms with Crippen molar-refractivity contribution >= 4 is 11.9 Å². The molecule has 0 aliphatic carbocycles. The highest BCUT2D eigenvalue weighted by molar-refractivity contribution is 5.93. The van der Waals surface area contributed by atoms with Gasteiger partial charge in [0, 0.05) is 6.04 Å². The Morgan fingerprint density at radius 3 is 2.68 bits per heavy atom. The highest BCUT2D eigenvalue weighted by Gasteiger charge is 2.14. The topological polar surface area (TPSA) is 75.6 Å². The molecule has 1 aromatic carbocycles. The molecule has 2 N–H and O–H groups in total. The first-order chi connectivity index (χ1) is 8.93. The van der Waals surface area contributed by atoms with E-state index >= 15 is 0 Å². The number of nitrogens with one attached hydrogen (secondary N) is 1. The van der Waals surface area contributed by atoms with Crippen LogP contribution in [0.15, 0.2) is 18.2 Å². The first kappa shape index (κ1) is 15.0. The van der Waals surface area contributed by atoms with Crippen LogP contribution in [0.1, 0.15) is 36.2 Å². The zero-order chi connectivity index (χ0) is 14.4. The maximum Gasteiger partial charge on any atom is 0.342 e. The molecule has 0 heterocycles. The van der Waals surface area contributed by atoms with Crippen molar-refractivity contribution in [3.63, 3.8) is 0 Å². The van der Waals surface area contributed by atoms with Crippen molar-refractivity contribution in [3.05, 3.63) is 29.3 Å². The molecule has 0 bridgehead atoms. The van der Waals surface area contributed by atoms with Crippen LogP contribution in [-0.2, 0) is 9.53 Å². The number of phenolic OH excluding ortho intramolecular Hbond substituents is 1. The van der Waals surface area contributed by atoms with E-state index in [4.69, 9.17) is 4.74 Å². The Balaban J connectivity index is 2.54. The van der Waals surface area contributed by atoms with Crippen LogP contribution in [0.3, 0.4) is 0 Å². The van der Waals surface area contributed by atoms with Gasteiger partial charge in [0.2, 0.25) is 0 Å². The summed E-state index contributed by atoms with van der Waals surface area (Å²) >= 11 is 0. The smallest absolute Gasteiger partial charge is 0.342 e. The molecule has 1 amide bonds. The number of aryl methyl sites for hydroxylation is 1. The fraction of sp³-hybridized carbons (Fsp3) is 0.429. The molecule has 0 aliphatic heterocycles. The second kappa shape index (κ2) is 6.78. The van der Waals surface area contributed by atoms with Gasteiger partial charge in [0.1, 0.15) is 11.3 Å². The van der Waals surface area contributed by atoms with Gasteiger partial charge in [-0.2, -0.15) is 0 Å². The predicted octanol–water partition coefficient (Wildman–Crippen LogP) is 1.77. The molecule has 1 aromatic rings. The van der Waals surface area contributed by atoms with E-state index in [-0.39, 0.29) is 29.9 Å². The molecule has 0 aliphatic rings. The van der Waals surface area contributed by atoms with Gasteiger partial charge in [0.15, 0.2) is 6.61 Å². The number of carbonyl (C=O) groups is 2. The number of phenols is 1. The third-order valence-corrected chi connectivity index (χ3v) is 2.73. The van der Waals surface area contributed by atoms with E-state index in [0.717, 1.165) is 12.0 Å². The summed E-state index contributed by atoms with van der Waals surface area (Å²) in [4.78, 5) is 23.1. The van der Waals surface area contributed by atoms with Crippen LogP contribution in [0.5, 0.6) is 5.75 Å². The van der Waals surface area contributed by atoms with Crippen LogP contribution >= 0.6 is 0 Å². The third-order valence-electron chi connectivity index (χ3n) is 2.73. The maximum atomic E-state index is 11.7. The van der Waals surface area contributed by atoms with Crippen LogP contribution in [0.4, 0.5) is 0 Å². The minimum Gasteiger partial charge on any atom is -0.507 e. The Kier molecular flexibility index (Phi) is 5.36. The number of benzene rings is 1. The number of amides is 1. The van der Waals surface area contributed by atoms with Crippen LogP contribution in [0, 0.1) is 6.92 Å². The predicted molar refractivity (Wildman–Crippen MR) is 71.0 cm³/mol. The molecular formula is C14H19NO4. The maximum absolute atomic E-state index is 11.7. The van der Waals surface area contributed by atoms with Gasteiger partial charge < -0.3 is 15.2 Å². The summed E-state index contributed by atoms with van der Waals surface area (Å²) in [5.41, 5.74) is 0.894. The SMILES string of the molecule is CC[C@@H](C)NC(=O)COC(=O)c1ccc(C)cc1O. The average Bonchev–Trinajstić information content (AvgIpc) is 2.35. The lowest BCUT2D eigenvalue weighted by Gasteiger charge is -2.11. The van der Waals surface area contributed by atoms with Crippen molar-refractivity contribution < 1.29 is 19.4 Å². The highest BCUT2D eigenvalue weighted by atomic mass is 16.5. The van der Waals surface area contributed by atoms with Crippen molar-refractivity contribution in [2.24, 2.45) is 0 Å². The van der Waals surface area contributed by atoms with Gasteiger partial charge in [-0.05, 0) is 38.0 Å². The normalized spacial score (nSPS) is 11.7. The molecule has 5 nitrogen and oxygen atoms in total. The molecule has 0 radical (unpaired) electrons. The van der Waals surface area contributed by atoms with E-state index in [1.54, 1.807) is 13.0 Å². The van der Waals surface area contributed by atoms with E-state index < -0.39 is 5.97 Å². The van der Waals surface area contributed by atoms with Gasteiger partial charge in [-0.1, -0.05) is 13.0 Å². The molecule has 0 saturated heterocycles. The first-order valence-electron chi connectivity index (χ1n) is 6.20. The molecule has 0 saturated carbocycles. The minimum atomic E-state index is -0.711. The van der Waals surface area contributed by atoms with E-state index in [1.807, 2.05) is 13.8 Å². The van der Waals surface area contributed by atoms with Gasteiger partial charge in [-0.25, -0.2) is 4.79 Å². The van der Waals surface area contributed by atoms with Crippen molar-refractivity contribution in [1.82, 2.24) is 5.32 Å². The van der Waals surface area contributed by atoms with Gasteiger partial charge >= 0.3 is 5.97 Å². The van der Waals surface area contributed by atoms with Gasteiger partial charge in [0.25, 0.3) is 5.91 Å². The number of aromatic hydroxyl groups is 1. The van der Waals surface area contributed by atoms with E-state index in [1.165, 1.54) is 12.1 Å².